The van der Waals surface area contributed by atoms with E-state index < -0.39 is 17.4 Å². The molecule has 6 heteroatoms. The van der Waals surface area contributed by atoms with Crippen molar-refractivity contribution in [2.45, 2.75) is 26.3 Å². The maximum atomic E-state index is 12.4. The van der Waals surface area contributed by atoms with Crippen LogP contribution in [0.1, 0.15) is 31.1 Å². The van der Waals surface area contributed by atoms with Gasteiger partial charge in [0.15, 0.2) is 0 Å². The van der Waals surface area contributed by atoms with Crippen LogP contribution in [0.3, 0.4) is 0 Å². The molecule has 0 spiro atoms. The highest BCUT2D eigenvalue weighted by molar-refractivity contribution is 6.31. The molecule has 1 rings (SSSR count). The summed E-state index contributed by atoms with van der Waals surface area (Å²) in [6.45, 7) is 4.94. The van der Waals surface area contributed by atoms with Crippen LogP contribution >= 0.6 is 11.6 Å². The third-order valence-corrected chi connectivity index (χ3v) is 3.14. The number of anilines is 1. The van der Waals surface area contributed by atoms with Gasteiger partial charge < -0.3 is 15.7 Å². The number of rotatable bonds is 4. The number of carbonyl (C=O) groups excluding carboxylic acids is 1. The van der Waals surface area contributed by atoms with Crippen LogP contribution in [0.5, 0.6) is 0 Å². The Morgan fingerprint density at radius 2 is 1.95 bits per heavy atom. The first kappa shape index (κ1) is 15.3. The lowest BCUT2D eigenvalue weighted by Crippen LogP contribution is -2.52. The molecule has 1 aromatic rings. The van der Waals surface area contributed by atoms with Gasteiger partial charge in [0.1, 0.15) is 5.54 Å². The molecule has 0 bridgehead atoms. The second kappa shape index (κ2) is 5.48. The van der Waals surface area contributed by atoms with E-state index in [4.69, 9.17) is 17.3 Å². The highest BCUT2D eigenvalue weighted by Gasteiger charge is 2.37. The molecule has 0 unspecified atom stereocenters. The Labute approximate surface area is 117 Å². The summed E-state index contributed by atoms with van der Waals surface area (Å²) in [7, 11) is 0. The molecule has 0 saturated carbocycles. The topological polar surface area (TPSA) is 83.6 Å². The third kappa shape index (κ3) is 3.17. The van der Waals surface area contributed by atoms with Crippen molar-refractivity contribution >= 4 is 29.2 Å². The van der Waals surface area contributed by atoms with Gasteiger partial charge in [-0.1, -0.05) is 11.6 Å². The second-order valence-electron chi connectivity index (χ2n) is 4.69. The number of nitrogen functional groups attached to an aromatic ring is 1. The standard InChI is InChI=1S/C13H17ClN2O3/c1-4-16(13(2,3)12(18)19)11(17)8-5-9(14)7-10(15)6-8/h5-7H,4,15H2,1-3H3,(H,18,19). The van der Waals surface area contributed by atoms with E-state index in [0.29, 0.717) is 10.7 Å². The van der Waals surface area contributed by atoms with E-state index >= 15 is 0 Å². The van der Waals surface area contributed by atoms with Gasteiger partial charge in [0.2, 0.25) is 0 Å². The first-order valence-electron chi connectivity index (χ1n) is 5.81. The lowest BCUT2D eigenvalue weighted by molar-refractivity contribution is -0.147. The summed E-state index contributed by atoms with van der Waals surface area (Å²) in [4.78, 5) is 24.9. The molecule has 0 aliphatic heterocycles. The first-order valence-corrected chi connectivity index (χ1v) is 6.19. The van der Waals surface area contributed by atoms with Crippen molar-refractivity contribution in [3.05, 3.63) is 28.8 Å². The van der Waals surface area contributed by atoms with Crippen molar-refractivity contribution < 1.29 is 14.7 Å². The molecule has 0 radical (unpaired) electrons. The summed E-state index contributed by atoms with van der Waals surface area (Å²) in [5.41, 5.74) is 4.97. The molecule has 0 saturated heterocycles. The van der Waals surface area contributed by atoms with Gasteiger partial charge >= 0.3 is 5.97 Å². The Morgan fingerprint density at radius 3 is 2.37 bits per heavy atom. The number of carboxylic acid groups (broad SMARTS) is 1. The fourth-order valence-electron chi connectivity index (χ4n) is 1.80. The molecule has 3 N–H and O–H groups in total. The van der Waals surface area contributed by atoms with Crippen molar-refractivity contribution in [3.63, 3.8) is 0 Å². The SMILES string of the molecule is CCN(C(=O)c1cc(N)cc(Cl)c1)C(C)(C)C(=O)O. The van der Waals surface area contributed by atoms with Crippen LogP contribution in [0, 0.1) is 0 Å². The molecule has 0 fully saturated rings. The number of nitrogens with zero attached hydrogens (tertiary/aromatic N) is 1. The molecule has 104 valence electrons. The monoisotopic (exact) mass is 284 g/mol. The van der Waals surface area contributed by atoms with E-state index in [1.54, 1.807) is 6.92 Å². The van der Waals surface area contributed by atoms with E-state index in [1.165, 1.54) is 36.9 Å². The second-order valence-corrected chi connectivity index (χ2v) is 5.12. The normalized spacial score (nSPS) is 11.2. The van der Waals surface area contributed by atoms with Gasteiger partial charge in [-0.25, -0.2) is 4.79 Å². The molecule has 0 heterocycles. The predicted molar refractivity (Wildman–Crippen MR) is 74.3 cm³/mol. The molecular formula is C13H17ClN2O3. The first-order chi connectivity index (χ1) is 8.70. The number of amides is 1. The number of aliphatic carboxylic acids is 1. The number of carbonyl (C=O) groups is 2. The third-order valence-electron chi connectivity index (χ3n) is 2.93. The zero-order valence-electron chi connectivity index (χ0n) is 11.1. The van der Waals surface area contributed by atoms with Crippen LogP contribution in [-0.2, 0) is 4.79 Å². The molecule has 5 nitrogen and oxygen atoms in total. The Balaban J connectivity index is 3.19. The minimum Gasteiger partial charge on any atom is -0.480 e. The summed E-state index contributed by atoms with van der Waals surface area (Å²) >= 11 is 5.85. The van der Waals surface area contributed by atoms with Crippen LogP contribution in [0.4, 0.5) is 5.69 Å². The molecule has 1 amide bonds. The molecule has 0 aromatic heterocycles. The van der Waals surface area contributed by atoms with Crippen molar-refractivity contribution in [1.82, 2.24) is 4.90 Å². The largest absolute Gasteiger partial charge is 0.480 e. The van der Waals surface area contributed by atoms with Crippen molar-refractivity contribution in [2.24, 2.45) is 0 Å². The van der Waals surface area contributed by atoms with Gasteiger partial charge in [-0.2, -0.15) is 0 Å². The molecular weight excluding hydrogens is 268 g/mol. The van der Waals surface area contributed by atoms with E-state index in [0.717, 1.165) is 0 Å². The summed E-state index contributed by atoms with van der Waals surface area (Å²) in [5, 5.41) is 9.54. The number of benzene rings is 1. The average Bonchev–Trinajstić information content (AvgIpc) is 2.27. The van der Waals surface area contributed by atoms with Crippen LogP contribution in [0.2, 0.25) is 5.02 Å². The lowest BCUT2D eigenvalue weighted by Gasteiger charge is -2.34. The maximum absolute atomic E-state index is 12.4. The summed E-state index contributed by atoms with van der Waals surface area (Å²) in [5.74, 6) is -1.48. The van der Waals surface area contributed by atoms with Crippen LogP contribution in [-0.4, -0.2) is 34.0 Å². The van der Waals surface area contributed by atoms with E-state index in [9.17, 15) is 14.7 Å². The lowest BCUT2D eigenvalue weighted by atomic mass is 10.0. The Morgan fingerprint density at radius 1 is 1.37 bits per heavy atom. The number of hydrogen-bond donors (Lipinski definition) is 2. The summed E-state index contributed by atoms with van der Waals surface area (Å²) in [6, 6.07) is 4.48. The minimum atomic E-state index is -1.30. The maximum Gasteiger partial charge on any atom is 0.329 e. The van der Waals surface area contributed by atoms with Crippen molar-refractivity contribution in [3.8, 4) is 0 Å². The number of halogens is 1. The highest BCUT2D eigenvalue weighted by atomic mass is 35.5. The highest BCUT2D eigenvalue weighted by Crippen LogP contribution is 2.22. The van der Waals surface area contributed by atoms with Crippen molar-refractivity contribution in [2.75, 3.05) is 12.3 Å². The van der Waals surface area contributed by atoms with Gasteiger partial charge in [-0.15, -0.1) is 0 Å². The quantitative estimate of drug-likeness (QED) is 0.831. The summed E-state index contributed by atoms with van der Waals surface area (Å²) < 4.78 is 0. The number of carboxylic acids is 1. The van der Waals surface area contributed by atoms with Gasteiger partial charge in [0.25, 0.3) is 5.91 Å². The van der Waals surface area contributed by atoms with Gasteiger partial charge in [-0.3, -0.25) is 4.79 Å². The molecule has 1 aromatic carbocycles. The average molecular weight is 285 g/mol. The van der Waals surface area contributed by atoms with Gasteiger partial charge in [0.05, 0.1) is 0 Å². The van der Waals surface area contributed by atoms with Crippen molar-refractivity contribution in [1.29, 1.82) is 0 Å². The number of hydrogen-bond acceptors (Lipinski definition) is 3. The number of nitrogens with two attached hydrogens (primary N) is 1. The smallest absolute Gasteiger partial charge is 0.329 e. The number of likely N-dealkylation sites (N-methyl/N-ethyl adjacent to an activating group) is 1. The Kier molecular flexibility index (Phi) is 4.42. The van der Waals surface area contributed by atoms with E-state index in [1.807, 2.05) is 0 Å². The summed E-state index contributed by atoms with van der Waals surface area (Å²) in [6.07, 6.45) is 0. The van der Waals surface area contributed by atoms with Crippen LogP contribution < -0.4 is 5.73 Å². The van der Waals surface area contributed by atoms with E-state index in [-0.39, 0.29) is 12.1 Å². The fourth-order valence-corrected chi connectivity index (χ4v) is 2.04. The fraction of sp³-hybridized carbons (Fsp3) is 0.385. The predicted octanol–water partition coefficient (Wildman–Crippen LogP) is 2.25. The van der Waals surface area contributed by atoms with Crippen LogP contribution in [0.15, 0.2) is 18.2 Å². The van der Waals surface area contributed by atoms with Gasteiger partial charge in [0, 0.05) is 22.8 Å². The Bertz CT molecular complexity index is 494. The molecule has 0 atom stereocenters. The van der Waals surface area contributed by atoms with Crippen LogP contribution in [0.25, 0.3) is 0 Å². The molecule has 0 aliphatic carbocycles. The zero-order valence-corrected chi connectivity index (χ0v) is 11.9. The minimum absolute atomic E-state index is 0.268. The van der Waals surface area contributed by atoms with Gasteiger partial charge in [-0.05, 0) is 39.0 Å². The zero-order chi connectivity index (χ0) is 14.8. The molecule has 0 aliphatic rings. The van der Waals surface area contributed by atoms with E-state index in [2.05, 4.69) is 0 Å². The molecule has 19 heavy (non-hydrogen) atoms. The Hall–Kier alpha value is -1.75.